The van der Waals surface area contributed by atoms with E-state index in [0.717, 1.165) is 0 Å². The van der Waals surface area contributed by atoms with Crippen LogP contribution in [0.25, 0.3) is 0 Å². The molecule has 82 valence electrons. The molecule has 0 atom stereocenters. The zero-order valence-electron chi connectivity index (χ0n) is 8.60. The number of aryl methyl sites for hydroxylation is 1. The number of nitrogens with zero attached hydrogens (tertiary/aromatic N) is 2. The number of anilines is 1. The molecule has 0 radical (unpaired) electrons. The molecule has 0 saturated heterocycles. The van der Waals surface area contributed by atoms with E-state index in [-0.39, 0.29) is 11.5 Å². The molecule has 0 saturated carbocycles. The van der Waals surface area contributed by atoms with Gasteiger partial charge in [-0.3, -0.25) is 14.3 Å². The Balaban J connectivity index is 2.14. The number of carbonyl (C=O) groups is 1. The number of aromatic amines is 1. The maximum atomic E-state index is 11.7. The third-order valence-corrected chi connectivity index (χ3v) is 2.00. The van der Waals surface area contributed by atoms with Crippen molar-refractivity contribution in [2.24, 2.45) is 7.05 Å². The molecule has 2 heterocycles. The van der Waals surface area contributed by atoms with Gasteiger partial charge in [0.25, 0.3) is 5.91 Å². The van der Waals surface area contributed by atoms with Crippen LogP contribution in [0, 0.1) is 0 Å². The molecule has 0 aliphatic carbocycles. The highest BCUT2D eigenvalue weighted by atomic mass is 16.2. The minimum atomic E-state index is -0.310. The Morgan fingerprint density at radius 2 is 2.25 bits per heavy atom. The van der Waals surface area contributed by atoms with E-state index in [0.29, 0.717) is 11.4 Å². The summed E-state index contributed by atoms with van der Waals surface area (Å²) in [5, 5.41) is 6.61. The van der Waals surface area contributed by atoms with Crippen LogP contribution in [0.2, 0.25) is 0 Å². The summed E-state index contributed by atoms with van der Waals surface area (Å²) in [6.07, 6.45) is 3.09. The number of carbonyl (C=O) groups excluding carboxylic acids is 1. The summed E-state index contributed by atoms with van der Waals surface area (Å²) in [4.78, 5) is 24.9. The maximum absolute atomic E-state index is 11.7. The van der Waals surface area contributed by atoms with Gasteiger partial charge in [-0.2, -0.15) is 5.10 Å². The van der Waals surface area contributed by atoms with E-state index in [1.807, 2.05) is 0 Å². The van der Waals surface area contributed by atoms with Crippen LogP contribution in [-0.4, -0.2) is 20.7 Å². The highest BCUT2D eigenvalue weighted by Gasteiger charge is 2.06. The molecule has 16 heavy (non-hydrogen) atoms. The number of pyridine rings is 1. The SMILES string of the molecule is Cn1ccc(NC(=O)c2ccc(=O)[nH]c2)n1. The Morgan fingerprint density at radius 3 is 2.81 bits per heavy atom. The molecule has 0 aliphatic heterocycles. The van der Waals surface area contributed by atoms with Crippen molar-refractivity contribution in [2.75, 3.05) is 5.32 Å². The van der Waals surface area contributed by atoms with Crippen LogP contribution in [0.4, 0.5) is 5.82 Å². The van der Waals surface area contributed by atoms with E-state index in [1.54, 1.807) is 24.0 Å². The van der Waals surface area contributed by atoms with E-state index in [1.165, 1.54) is 18.3 Å². The molecule has 2 N–H and O–H groups in total. The van der Waals surface area contributed by atoms with Gasteiger partial charge in [-0.05, 0) is 6.07 Å². The molecule has 2 aromatic heterocycles. The molecule has 0 spiro atoms. The van der Waals surface area contributed by atoms with Crippen LogP contribution in [0.5, 0.6) is 0 Å². The Morgan fingerprint density at radius 1 is 1.44 bits per heavy atom. The smallest absolute Gasteiger partial charge is 0.258 e. The Kier molecular flexibility index (Phi) is 2.55. The lowest BCUT2D eigenvalue weighted by Crippen LogP contribution is -2.14. The van der Waals surface area contributed by atoms with E-state index < -0.39 is 0 Å². The number of nitrogens with one attached hydrogen (secondary N) is 2. The van der Waals surface area contributed by atoms with E-state index >= 15 is 0 Å². The first-order chi connectivity index (χ1) is 7.65. The van der Waals surface area contributed by atoms with Crippen LogP contribution < -0.4 is 10.9 Å². The molecule has 2 rings (SSSR count). The van der Waals surface area contributed by atoms with Crippen molar-refractivity contribution in [3.8, 4) is 0 Å². The van der Waals surface area contributed by atoms with Crippen molar-refractivity contribution in [3.05, 3.63) is 46.5 Å². The maximum Gasteiger partial charge on any atom is 0.258 e. The zero-order valence-corrected chi connectivity index (χ0v) is 8.60. The molecule has 1 amide bonds. The minimum Gasteiger partial charge on any atom is -0.328 e. The number of rotatable bonds is 2. The van der Waals surface area contributed by atoms with Crippen molar-refractivity contribution in [1.82, 2.24) is 14.8 Å². The molecule has 6 heteroatoms. The van der Waals surface area contributed by atoms with Crippen molar-refractivity contribution >= 4 is 11.7 Å². The van der Waals surface area contributed by atoms with Crippen molar-refractivity contribution in [2.45, 2.75) is 0 Å². The van der Waals surface area contributed by atoms with Gasteiger partial charge in [-0.15, -0.1) is 0 Å². The summed E-state index contributed by atoms with van der Waals surface area (Å²) in [6, 6.07) is 4.44. The summed E-state index contributed by atoms with van der Waals surface area (Å²) in [7, 11) is 1.76. The predicted octanol–water partition coefficient (Wildman–Crippen LogP) is 0.361. The number of hydrogen-bond acceptors (Lipinski definition) is 3. The van der Waals surface area contributed by atoms with Crippen LogP contribution in [0.15, 0.2) is 35.4 Å². The monoisotopic (exact) mass is 218 g/mol. The van der Waals surface area contributed by atoms with Gasteiger partial charge in [-0.1, -0.05) is 0 Å². The Bertz CT molecular complexity index is 550. The topological polar surface area (TPSA) is 79.8 Å². The fraction of sp³-hybridized carbons (Fsp3) is 0.100. The normalized spacial score (nSPS) is 10.1. The second-order valence-corrected chi connectivity index (χ2v) is 3.27. The van der Waals surface area contributed by atoms with Gasteiger partial charge in [0.2, 0.25) is 5.56 Å². The fourth-order valence-electron chi connectivity index (χ4n) is 1.22. The fourth-order valence-corrected chi connectivity index (χ4v) is 1.22. The van der Waals surface area contributed by atoms with Gasteiger partial charge in [0, 0.05) is 31.6 Å². The first-order valence-corrected chi connectivity index (χ1v) is 4.65. The molecule has 0 fully saturated rings. The third-order valence-electron chi connectivity index (χ3n) is 2.00. The van der Waals surface area contributed by atoms with Crippen molar-refractivity contribution < 1.29 is 4.79 Å². The largest absolute Gasteiger partial charge is 0.328 e. The molecule has 0 aromatic carbocycles. The van der Waals surface area contributed by atoms with Crippen molar-refractivity contribution in [1.29, 1.82) is 0 Å². The highest BCUT2D eigenvalue weighted by molar-refractivity contribution is 6.03. The second-order valence-electron chi connectivity index (χ2n) is 3.27. The lowest BCUT2D eigenvalue weighted by Gasteiger charge is -2.00. The van der Waals surface area contributed by atoms with Crippen LogP contribution >= 0.6 is 0 Å². The average molecular weight is 218 g/mol. The van der Waals surface area contributed by atoms with E-state index in [2.05, 4.69) is 15.4 Å². The second kappa shape index (κ2) is 4.01. The minimum absolute atomic E-state index is 0.241. The molecular weight excluding hydrogens is 208 g/mol. The van der Waals surface area contributed by atoms with E-state index in [9.17, 15) is 9.59 Å². The van der Waals surface area contributed by atoms with Gasteiger partial charge in [0.05, 0.1) is 5.56 Å². The Hall–Kier alpha value is -2.37. The van der Waals surface area contributed by atoms with Gasteiger partial charge >= 0.3 is 0 Å². The molecule has 0 unspecified atom stereocenters. The van der Waals surface area contributed by atoms with Crippen LogP contribution in [0.3, 0.4) is 0 Å². The number of hydrogen-bond donors (Lipinski definition) is 2. The molecular formula is C10H10N4O2. The predicted molar refractivity (Wildman–Crippen MR) is 58.2 cm³/mol. The quantitative estimate of drug-likeness (QED) is 0.763. The summed E-state index contributed by atoms with van der Waals surface area (Å²) >= 11 is 0. The van der Waals surface area contributed by atoms with Crippen LogP contribution in [-0.2, 0) is 7.05 Å². The number of aromatic nitrogens is 3. The van der Waals surface area contributed by atoms with Crippen LogP contribution in [0.1, 0.15) is 10.4 Å². The van der Waals surface area contributed by atoms with Gasteiger partial charge in [-0.25, -0.2) is 0 Å². The number of amides is 1. The summed E-state index contributed by atoms with van der Waals surface area (Å²) in [6.45, 7) is 0. The van der Waals surface area contributed by atoms with Gasteiger partial charge < -0.3 is 10.3 Å². The van der Waals surface area contributed by atoms with Crippen molar-refractivity contribution in [3.63, 3.8) is 0 Å². The van der Waals surface area contributed by atoms with Gasteiger partial charge in [0.15, 0.2) is 5.82 Å². The highest BCUT2D eigenvalue weighted by Crippen LogP contribution is 2.03. The van der Waals surface area contributed by atoms with Gasteiger partial charge in [0.1, 0.15) is 0 Å². The lowest BCUT2D eigenvalue weighted by atomic mass is 10.3. The first-order valence-electron chi connectivity index (χ1n) is 4.65. The Labute approximate surface area is 90.9 Å². The standard InChI is InChI=1S/C10H10N4O2/c1-14-5-4-8(13-14)12-10(16)7-2-3-9(15)11-6-7/h2-6H,1H3,(H,11,15)(H,12,13,16). The molecule has 0 bridgehead atoms. The lowest BCUT2D eigenvalue weighted by molar-refractivity contribution is 0.102. The zero-order chi connectivity index (χ0) is 11.5. The third kappa shape index (κ3) is 2.17. The first kappa shape index (κ1) is 10.2. The number of H-pyrrole nitrogens is 1. The summed E-state index contributed by atoms with van der Waals surface area (Å²) < 4.78 is 1.59. The summed E-state index contributed by atoms with van der Waals surface area (Å²) in [5.74, 6) is 0.161. The average Bonchev–Trinajstić information content (AvgIpc) is 2.65. The van der Waals surface area contributed by atoms with E-state index in [4.69, 9.17) is 0 Å². The molecule has 0 aliphatic rings. The molecule has 2 aromatic rings. The summed E-state index contributed by atoms with van der Waals surface area (Å²) in [5.41, 5.74) is 0.139. The molecule has 6 nitrogen and oxygen atoms in total.